The number of amides is 1. The zero-order chi connectivity index (χ0) is 24.8. The second-order valence-electron chi connectivity index (χ2n) is 10.1. The van der Waals surface area contributed by atoms with Crippen molar-refractivity contribution >= 4 is 34.6 Å². The molecule has 3 heterocycles. The van der Waals surface area contributed by atoms with Gasteiger partial charge in [-0.05, 0) is 51.2 Å². The summed E-state index contributed by atoms with van der Waals surface area (Å²) in [6, 6.07) is 4.86. The number of carbonyl (C=O) groups is 1. The van der Waals surface area contributed by atoms with Gasteiger partial charge in [-0.25, -0.2) is 14.2 Å². The van der Waals surface area contributed by atoms with Crippen molar-refractivity contribution in [3.63, 3.8) is 0 Å². The van der Waals surface area contributed by atoms with E-state index >= 15 is 0 Å². The number of nitrogens with two attached hydrogens (primary N) is 2. The first-order valence-corrected chi connectivity index (χ1v) is 11.3. The minimum atomic E-state index is -0.928. The molecule has 3 aromatic rings. The van der Waals surface area contributed by atoms with E-state index in [0.717, 1.165) is 13.0 Å². The maximum Gasteiger partial charge on any atom is 0.407 e. The van der Waals surface area contributed by atoms with Crippen LogP contribution in [-0.2, 0) is 0 Å². The first-order valence-electron chi connectivity index (χ1n) is 11.3. The third-order valence-corrected chi connectivity index (χ3v) is 6.22. The van der Waals surface area contributed by atoms with Crippen molar-refractivity contribution in [2.75, 3.05) is 36.0 Å². The fourth-order valence-corrected chi connectivity index (χ4v) is 4.74. The lowest BCUT2D eigenvalue weighted by Crippen LogP contribution is -2.51. The summed E-state index contributed by atoms with van der Waals surface area (Å²) in [6.45, 7) is 9.63. The fourth-order valence-electron chi connectivity index (χ4n) is 4.74. The molecule has 0 saturated carbocycles. The van der Waals surface area contributed by atoms with E-state index in [1.807, 2.05) is 20.8 Å². The molecule has 0 spiro atoms. The second-order valence-corrected chi connectivity index (χ2v) is 10.1. The molecule has 1 fully saturated rings. The normalized spacial score (nSPS) is 18.9. The number of rotatable bonds is 4. The predicted octanol–water partition coefficient (Wildman–Crippen LogP) is 3.56. The van der Waals surface area contributed by atoms with Crippen molar-refractivity contribution in [2.45, 2.75) is 39.7 Å². The van der Waals surface area contributed by atoms with Gasteiger partial charge in [0.15, 0.2) is 5.82 Å². The molecule has 2 atom stereocenters. The van der Waals surface area contributed by atoms with E-state index in [9.17, 15) is 14.3 Å². The summed E-state index contributed by atoms with van der Waals surface area (Å²) in [6.07, 6.45) is -0.0184. The van der Waals surface area contributed by atoms with E-state index in [2.05, 4.69) is 32.0 Å². The van der Waals surface area contributed by atoms with E-state index in [1.165, 1.54) is 11.0 Å². The largest absolute Gasteiger partial charge is 0.465 e. The summed E-state index contributed by atoms with van der Waals surface area (Å²) in [4.78, 5) is 24.2. The molecule has 10 nitrogen and oxygen atoms in total. The van der Waals surface area contributed by atoms with E-state index in [-0.39, 0.29) is 23.1 Å². The van der Waals surface area contributed by atoms with Crippen molar-refractivity contribution in [1.82, 2.24) is 25.1 Å². The average molecular weight is 471 g/mol. The maximum atomic E-state index is 14.7. The summed E-state index contributed by atoms with van der Waals surface area (Å²) in [5, 5.41) is 16.6. The van der Waals surface area contributed by atoms with Crippen LogP contribution in [0.5, 0.6) is 0 Å². The number of fused-ring (bicyclic) bond motifs is 1. The topological polar surface area (TPSA) is 150 Å². The Hall–Kier alpha value is -3.63. The Balaban J connectivity index is 1.64. The van der Waals surface area contributed by atoms with Gasteiger partial charge in [0, 0.05) is 36.8 Å². The standard InChI is InChI=1S/C23H31FN8O2/c1-12-5-13(11-32(22(33)34)23(2,3)4)10-31(9-12)18-8-16(27-21(26)28-18)14-6-15(24)19-17(7-14)29-30-20(19)25/h6-8,12-13H,5,9-11H2,1-4H3,(H,33,34)(H3,25,29,30)(H2,26,27,28)/t12-,13-/m1/s1. The average Bonchev–Trinajstić information content (AvgIpc) is 3.11. The number of H-pyrrole nitrogens is 1. The molecule has 0 bridgehead atoms. The van der Waals surface area contributed by atoms with Gasteiger partial charge in [-0.3, -0.25) is 5.10 Å². The molecule has 1 amide bonds. The number of hydrogen-bond donors (Lipinski definition) is 4. The molecule has 1 aliphatic heterocycles. The molecule has 1 aliphatic rings. The Bertz CT molecular complexity index is 1220. The molecule has 0 aliphatic carbocycles. The van der Waals surface area contributed by atoms with Gasteiger partial charge in [0.1, 0.15) is 11.6 Å². The lowest BCUT2D eigenvalue weighted by molar-refractivity contribution is 0.0837. The van der Waals surface area contributed by atoms with Crippen LogP contribution in [0.2, 0.25) is 0 Å². The number of benzene rings is 1. The molecule has 1 aromatic carbocycles. The van der Waals surface area contributed by atoms with Crippen molar-refractivity contribution in [3.8, 4) is 11.3 Å². The van der Waals surface area contributed by atoms with Crippen LogP contribution in [0.4, 0.5) is 26.8 Å². The Morgan fingerprint density at radius 3 is 2.68 bits per heavy atom. The van der Waals surface area contributed by atoms with Gasteiger partial charge in [-0.2, -0.15) is 10.1 Å². The van der Waals surface area contributed by atoms with Gasteiger partial charge < -0.3 is 26.4 Å². The minimum absolute atomic E-state index is 0.0776. The highest BCUT2D eigenvalue weighted by atomic mass is 19.1. The number of hydrogen-bond acceptors (Lipinski definition) is 7. The smallest absolute Gasteiger partial charge is 0.407 e. The zero-order valence-electron chi connectivity index (χ0n) is 19.8. The van der Waals surface area contributed by atoms with Gasteiger partial charge >= 0.3 is 6.09 Å². The van der Waals surface area contributed by atoms with Crippen LogP contribution in [0.3, 0.4) is 0 Å². The second kappa shape index (κ2) is 8.62. The number of carboxylic acid groups (broad SMARTS) is 1. The summed E-state index contributed by atoms with van der Waals surface area (Å²) in [5.41, 5.74) is 12.8. The van der Waals surface area contributed by atoms with Gasteiger partial charge in [0.2, 0.25) is 5.95 Å². The number of halogens is 1. The number of anilines is 3. The molecule has 1 saturated heterocycles. The zero-order valence-corrected chi connectivity index (χ0v) is 19.8. The first kappa shape index (κ1) is 23.5. The van der Waals surface area contributed by atoms with Crippen molar-refractivity contribution in [1.29, 1.82) is 0 Å². The molecular formula is C23H31FN8O2. The van der Waals surface area contributed by atoms with E-state index in [4.69, 9.17) is 11.5 Å². The summed E-state index contributed by atoms with van der Waals surface area (Å²) in [7, 11) is 0. The first-order chi connectivity index (χ1) is 15.9. The molecule has 11 heteroatoms. The van der Waals surface area contributed by atoms with Crippen LogP contribution < -0.4 is 16.4 Å². The van der Waals surface area contributed by atoms with Crippen molar-refractivity contribution in [3.05, 3.63) is 24.0 Å². The minimum Gasteiger partial charge on any atom is -0.465 e. The third kappa shape index (κ3) is 4.68. The van der Waals surface area contributed by atoms with Crippen molar-refractivity contribution < 1.29 is 14.3 Å². The van der Waals surface area contributed by atoms with Crippen LogP contribution in [0.25, 0.3) is 22.2 Å². The number of aromatic amines is 1. The number of nitrogen functional groups attached to an aromatic ring is 2. The van der Waals surface area contributed by atoms with E-state index < -0.39 is 17.4 Å². The summed E-state index contributed by atoms with van der Waals surface area (Å²) < 4.78 is 14.7. The molecule has 0 radical (unpaired) electrons. The van der Waals surface area contributed by atoms with Gasteiger partial charge in [-0.1, -0.05) is 6.92 Å². The van der Waals surface area contributed by atoms with Crippen LogP contribution in [0.15, 0.2) is 18.2 Å². The monoisotopic (exact) mass is 470 g/mol. The quantitative estimate of drug-likeness (QED) is 0.452. The highest BCUT2D eigenvalue weighted by Crippen LogP contribution is 2.32. The predicted molar refractivity (Wildman–Crippen MR) is 130 cm³/mol. The van der Waals surface area contributed by atoms with Crippen molar-refractivity contribution in [2.24, 2.45) is 11.8 Å². The van der Waals surface area contributed by atoms with Gasteiger partial charge in [0.05, 0.1) is 16.6 Å². The molecular weight excluding hydrogens is 439 g/mol. The molecule has 4 rings (SSSR count). The number of nitrogens with one attached hydrogen (secondary N) is 1. The Morgan fingerprint density at radius 2 is 2.00 bits per heavy atom. The van der Waals surface area contributed by atoms with Crippen LogP contribution in [0, 0.1) is 17.7 Å². The fraction of sp³-hybridized carbons (Fsp3) is 0.478. The maximum absolute atomic E-state index is 14.7. The molecule has 182 valence electrons. The van der Waals surface area contributed by atoms with Gasteiger partial charge in [-0.15, -0.1) is 0 Å². The molecule has 2 aromatic heterocycles. The summed E-state index contributed by atoms with van der Waals surface area (Å²) >= 11 is 0. The number of nitrogens with zero attached hydrogens (tertiary/aromatic N) is 5. The SMILES string of the molecule is C[C@@H]1C[C@@H](CN(C(=O)O)C(C)(C)C)CN(c2cc(-c3cc(F)c4c(N)n[nH]c4c3)nc(N)n2)C1. The van der Waals surface area contributed by atoms with Gasteiger partial charge in [0.25, 0.3) is 0 Å². The Morgan fingerprint density at radius 1 is 1.26 bits per heavy atom. The lowest BCUT2D eigenvalue weighted by atomic mass is 9.89. The van der Waals surface area contributed by atoms with E-state index in [0.29, 0.717) is 41.6 Å². The molecule has 34 heavy (non-hydrogen) atoms. The lowest BCUT2D eigenvalue weighted by Gasteiger charge is -2.41. The van der Waals surface area contributed by atoms with Crippen LogP contribution in [-0.4, -0.2) is 61.4 Å². The summed E-state index contributed by atoms with van der Waals surface area (Å²) in [5.74, 6) is 0.757. The molecule has 0 unspecified atom stereocenters. The Labute approximate surface area is 197 Å². The number of aromatic nitrogens is 4. The number of piperidine rings is 1. The molecule has 6 N–H and O–H groups in total. The van der Waals surface area contributed by atoms with Crippen LogP contribution in [0.1, 0.15) is 34.1 Å². The van der Waals surface area contributed by atoms with E-state index in [1.54, 1.807) is 12.1 Å². The Kier molecular flexibility index (Phi) is 5.96. The highest BCUT2D eigenvalue weighted by molar-refractivity contribution is 5.92. The van der Waals surface area contributed by atoms with Crippen LogP contribution >= 0.6 is 0 Å². The highest BCUT2D eigenvalue weighted by Gasteiger charge is 2.33. The third-order valence-electron chi connectivity index (χ3n) is 6.22.